The highest BCUT2D eigenvalue weighted by molar-refractivity contribution is 5.17. The molecule has 0 fully saturated rings. The highest BCUT2D eigenvalue weighted by Gasteiger charge is 2.14. The Labute approximate surface area is 81.4 Å². The third kappa shape index (κ3) is 2.83. The Balaban J connectivity index is 2.81. The third-order valence-corrected chi connectivity index (χ3v) is 2.24. The van der Waals surface area contributed by atoms with Crippen LogP contribution in [0.2, 0.25) is 0 Å². The zero-order chi connectivity index (χ0) is 9.90. The topological polar surface area (TPSA) is 3.88 Å². The van der Waals surface area contributed by atoms with Crippen molar-refractivity contribution in [2.45, 2.75) is 46.1 Å². The fourth-order valence-corrected chi connectivity index (χ4v) is 1.36. The number of aromatic nitrogens is 1. The van der Waals surface area contributed by atoms with Crippen LogP contribution in [-0.2, 0) is 12.0 Å². The Hall–Kier alpha value is -0.850. The number of pyridine rings is 1. The van der Waals surface area contributed by atoms with E-state index in [0.29, 0.717) is 0 Å². The van der Waals surface area contributed by atoms with Crippen molar-refractivity contribution in [1.29, 1.82) is 0 Å². The maximum atomic E-state index is 2.24. The zero-order valence-corrected chi connectivity index (χ0v) is 9.17. The summed E-state index contributed by atoms with van der Waals surface area (Å²) >= 11 is 0. The molecule has 0 saturated heterocycles. The molecular formula is C12H20N+. The number of hydrogen-bond donors (Lipinski definition) is 0. The molecule has 0 amide bonds. The van der Waals surface area contributed by atoms with Crippen LogP contribution in [0.5, 0.6) is 0 Å². The van der Waals surface area contributed by atoms with Crippen LogP contribution in [0.25, 0.3) is 0 Å². The van der Waals surface area contributed by atoms with Gasteiger partial charge in [0.2, 0.25) is 0 Å². The highest BCUT2D eigenvalue weighted by atomic mass is 14.9. The summed E-state index contributed by atoms with van der Waals surface area (Å²) in [5, 5.41) is 0. The van der Waals surface area contributed by atoms with E-state index in [1.54, 1.807) is 0 Å². The van der Waals surface area contributed by atoms with E-state index in [0.717, 1.165) is 6.54 Å². The van der Waals surface area contributed by atoms with Gasteiger partial charge in [-0.15, -0.1) is 0 Å². The minimum Gasteiger partial charge on any atom is -0.205 e. The van der Waals surface area contributed by atoms with E-state index < -0.39 is 0 Å². The average molecular weight is 178 g/mol. The fraction of sp³-hybridized carbons (Fsp3) is 0.583. The Morgan fingerprint density at radius 2 is 1.69 bits per heavy atom. The van der Waals surface area contributed by atoms with Gasteiger partial charge in [-0.1, -0.05) is 27.7 Å². The molecule has 0 aliphatic carbocycles. The Kier molecular flexibility index (Phi) is 3.07. The van der Waals surface area contributed by atoms with E-state index in [1.807, 2.05) is 0 Å². The van der Waals surface area contributed by atoms with Crippen LogP contribution in [0.15, 0.2) is 24.5 Å². The first-order chi connectivity index (χ1) is 6.04. The molecule has 0 atom stereocenters. The van der Waals surface area contributed by atoms with Crippen LogP contribution >= 0.6 is 0 Å². The molecule has 0 aromatic carbocycles. The van der Waals surface area contributed by atoms with Crippen LogP contribution in [0, 0.1) is 0 Å². The molecular weight excluding hydrogens is 158 g/mol. The standard InChI is InChI=1S/C12H20N/c1-5-8-13-9-6-11(7-10-13)12(2,3)4/h6-7,9-10H,5,8H2,1-4H3/q+1. The number of hydrogen-bond acceptors (Lipinski definition) is 0. The van der Waals surface area contributed by atoms with Gasteiger partial charge in [0, 0.05) is 18.6 Å². The Morgan fingerprint density at radius 1 is 1.15 bits per heavy atom. The lowest BCUT2D eigenvalue weighted by Gasteiger charge is -2.17. The molecule has 1 heteroatoms. The Morgan fingerprint density at radius 3 is 2.08 bits per heavy atom. The number of aryl methyl sites for hydroxylation is 1. The molecule has 0 aliphatic rings. The van der Waals surface area contributed by atoms with Gasteiger partial charge in [-0.3, -0.25) is 0 Å². The maximum absolute atomic E-state index is 2.24. The molecule has 0 unspecified atom stereocenters. The quantitative estimate of drug-likeness (QED) is 0.613. The minimum absolute atomic E-state index is 0.269. The summed E-state index contributed by atoms with van der Waals surface area (Å²) in [5.74, 6) is 0. The second-order valence-electron chi connectivity index (χ2n) is 4.57. The van der Waals surface area contributed by atoms with E-state index in [9.17, 15) is 0 Å². The van der Waals surface area contributed by atoms with Gasteiger partial charge >= 0.3 is 0 Å². The minimum atomic E-state index is 0.269. The van der Waals surface area contributed by atoms with Crippen molar-refractivity contribution in [1.82, 2.24) is 0 Å². The van der Waals surface area contributed by atoms with Crippen LogP contribution in [-0.4, -0.2) is 0 Å². The van der Waals surface area contributed by atoms with Crippen molar-refractivity contribution in [3.8, 4) is 0 Å². The number of rotatable bonds is 2. The summed E-state index contributed by atoms with van der Waals surface area (Å²) in [4.78, 5) is 0. The summed E-state index contributed by atoms with van der Waals surface area (Å²) in [6.07, 6.45) is 5.54. The zero-order valence-electron chi connectivity index (χ0n) is 9.17. The Bertz CT molecular complexity index is 253. The molecule has 1 aromatic rings. The second kappa shape index (κ2) is 3.91. The largest absolute Gasteiger partial charge is 0.205 e. The van der Waals surface area contributed by atoms with Crippen LogP contribution in [0.1, 0.15) is 39.7 Å². The SMILES string of the molecule is CCC[n+]1ccc(C(C)(C)C)cc1. The van der Waals surface area contributed by atoms with Crippen LogP contribution in [0.4, 0.5) is 0 Å². The van der Waals surface area contributed by atoms with E-state index in [2.05, 4.69) is 56.8 Å². The first kappa shape index (κ1) is 10.2. The predicted molar refractivity (Wildman–Crippen MR) is 55.6 cm³/mol. The van der Waals surface area contributed by atoms with E-state index >= 15 is 0 Å². The van der Waals surface area contributed by atoms with E-state index in [-0.39, 0.29) is 5.41 Å². The van der Waals surface area contributed by atoms with Crippen molar-refractivity contribution in [2.75, 3.05) is 0 Å². The molecule has 1 rings (SSSR count). The smallest absolute Gasteiger partial charge is 0.169 e. The highest BCUT2D eigenvalue weighted by Crippen LogP contribution is 2.19. The molecule has 1 nitrogen and oxygen atoms in total. The van der Waals surface area contributed by atoms with Gasteiger partial charge in [0.15, 0.2) is 12.4 Å². The molecule has 0 radical (unpaired) electrons. The monoisotopic (exact) mass is 178 g/mol. The van der Waals surface area contributed by atoms with Crippen LogP contribution < -0.4 is 4.57 Å². The molecule has 0 N–H and O–H groups in total. The molecule has 0 spiro atoms. The molecule has 1 heterocycles. The lowest BCUT2D eigenvalue weighted by Crippen LogP contribution is -2.32. The first-order valence-electron chi connectivity index (χ1n) is 5.03. The molecule has 72 valence electrons. The third-order valence-electron chi connectivity index (χ3n) is 2.24. The predicted octanol–water partition coefficient (Wildman–Crippen LogP) is 2.68. The molecule has 0 saturated carbocycles. The van der Waals surface area contributed by atoms with Gasteiger partial charge in [0.25, 0.3) is 0 Å². The summed E-state index contributed by atoms with van der Waals surface area (Å²) in [6, 6.07) is 4.44. The lowest BCUT2D eigenvalue weighted by atomic mass is 9.88. The van der Waals surface area contributed by atoms with Crippen molar-refractivity contribution >= 4 is 0 Å². The first-order valence-corrected chi connectivity index (χ1v) is 5.03. The van der Waals surface area contributed by atoms with E-state index in [1.165, 1.54) is 12.0 Å². The van der Waals surface area contributed by atoms with Gasteiger partial charge in [0.05, 0.1) is 0 Å². The van der Waals surface area contributed by atoms with Crippen molar-refractivity contribution in [3.63, 3.8) is 0 Å². The summed E-state index contributed by atoms with van der Waals surface area (Å²) in [5.41, 5.74) is 1.67. The summed E-state index contributed by atoms with van der Waals surface area (Å²) in [6.45, 7) is 10.0. The summed E-state index contributed by atoms with van der Waals surface area (Å²) < 4.78 is 2.23. The number of nitrogens with zero attached hydrogens (tertiary/aromatic N) is 1. The van der Waals surface area contributed by atoms with Gasteiger partial charge in [-0.25, -0.2) is 4.57 Å². The van der Waals surface area contributed by atoms with Gasteiger partial charge in [-0.05, 0) is 11.0 Å². The maximum Gasteiger partial charge on any atom is 0.169 e. The normalized spacial score (nSPS) is 11.7. The molecule has 13 heavy (non-hydrogen) atoms. The lowest BCUT2D eigenvalue weighted by molar-refractivity contribution is -0.697. The molecule has 0 aliphatic heterocycles. The van der Waals surface area contributed by atoms with E-state index in [4.69, 9.17) is 0 Å². The van der Waals surface area contributed by atoms with Crippen LogP contribution in [0.3, 0.4) is 0 Å². The average Bonchev–Trinajstić information content (AvgIpc) is 2.04. The van der Waals surface area contributed by atoms with Gasteiger partial charge < -0.3 is 0 Å². The molecule has 0 bridgehead atoms. The van der Waals surface area contributed by atoms with Crippen molar-refractivity contribution in [3.05, 3.63) is 30.1 Å². The molecule has 1 aromatic heterocycles. The van der Waals surface area contributed by atoms with Gasteiger partial charge in [0.1, 0.15) is 6.54 Å². The van der Waals surface area contributed by atoms with Gasteiger partial charge in [-0.2, -0.15) is 0 Å². The van der Waals surface area contributed by atoms with Crippen molar-refractivity contribution in [2.24, 2.45) is 0 Å². The fourth-order valence-electron chi connectivity index (χ4n) is 1.36. The van der Waals surface area contributed by atoms with Crippen molar-refractivity contribution < 1.29 is 4.57 Å². The summed E-state index contributed by atoms with van der Waals surface area (Å²) in [7, 11) is 0. The second-order valence-corrected chi connectivity index (χ2v) is 4.57.